The van der Waals surface area contributed by atoms with Crippen molar-refractivity contribution in [3.63, 3.8) is 0 Å². The van der Waals surface area contributed by atoms with Crippen LogP contribution in [0.1, 0.15) is 58.9 Å². The summed E-state index contributed by atoms with van der Waals surface area (Å²) < 4.78 is 5.72. The Bertz CT molecular complexity index is 558. The van der Waals surface area contributed by atoms with E-state index in [9.17, 15) is 0 Å². The Morgan fingerprint density at radius 2 is 1.96 bits per heavy atom. The zero-order chi connectivity index (χ0) is 17.6. The van der Waals surface area contributed by atoms with Crippen LogP contribution in [0.3, 0.4) is 0 Å². The number of piperidine rings is 1. The van der Waals surface area contributed by atoms with Gasteiger partial charge in [-0.1, -0.05) is 12.1 Å². The van der Waals surface area contributed by atoms with Crippen LogP contribution in [0.5, 0.6) is 5.75 Å². The molecular formula is C20H31N3O. The Morgan fingerprint density at radius 3 is 2.62 bits per heavy atom. The zero-order valence-electron chi connectivity index (χ0n) is 15.5. The van der Waals surface area contributed by atoms with E-state index in [1.807, 2.05) is 12.1 Å². The summed E-state index contributed by atoms with van der Waals surface area (Å²) in [4.78, 5) is 0. The van der Waals surface area contributed by atoms with Gasteiger partial charge in [0.25, 0.3) is 0 Å². The van der Waals surface area contributed by atoms with Crippen molar-refractivity contribution in [3.05, 3.63) is 29.8 Å². The molecule has 0 aliphatic carbocycles. The molecule has 1 aromatic carbocycles. The molecule has 1 fully saturated rings. The fourth-order valence-electron chi connectivity index (χ4n) is 3.82. The van der Waals surface area contributed by atoms with Crippen molar-refractivity contribution in [2.45, 2.75) is 77.0 Å². The Balaban J connectivity index is 1.86. The molecular weight excluding hydrogens is 298 g/mol. The van der Waals surface area contributed by atoms with Gasteiger partial charge in [0.15, 0.2) is 0 Å². The van der Waals surface area contributed by atoms with E-state index in [2.05, 4.69) is 56.5 Å². The first-order valence-electron chi connectivity index (χ1n) is 8.91. The van der Waals surface area contributed by atoms with Crippen LogP contribution in [0, 0.1) is 11.3 Å². The highest BCUT2D eigenvalue weighted by molar-refractivity contribution is 5.28. The Kier molecular flexibility index (Phi) is 6.26. The number of nitrogens with one attached hydrogen (secondary N) is 2. The summed E-state index contributed by atoms with van der Waals surface area (Å²) in [5.74, 6) is 0.887. The third-order valence-electron chi connectivity index (χ3n) is 4.39. The molecule has 0 radical (unpaired) electrons. The fraction of sp³-hybridized carbons (Fsp3) is 0.650. The Labute approximate surface area is 146 Å². The maximum atomic E-state index is 8.56. The predicted molar refractivity (Wildman–Crippen MR) is 97.9 cm³/mol. The molecule has 132 valence electrons. The molecule has 1 aliphatic heterocycles. The number of hydrogen-bond acceptors (Lipinski definition) is 4. The van der Waals surface area contributed by atoms with Gasteiger partial charge in [0.1, 0.15) is 5.75 Å². The lowest BCUT2D eigenvalue weighted by molar-refractivity contribution is 0.145. The molecule has 0 bridgehead atoms. The molecule has 4 nitrogen and oxygen atoms in total. The van der Waals surface area contributed by atoms with Crippen molar-refractivity contribution in [3.8, 4) is 11.8 Å². The molecule has 24 heavy (non-hydrogen) atoms. The second-order valence-electron chi connectivity index (χ2n) is 8.14. The normalized spacial score (nSPS) is 19.6. The van der Waals surface area contributed by atoms with Crippen LogP contribution in [0.2, 0.25) is 0 Å². The summed E-state index contributed by atoms with van der Waals surface area (Å²) in [6.45, 7) is 10.6. The molecule has 0 amide bonds. The van der Waals surface area contributed by atoms with Crippen molar-refractivity contribution in [1.82, 2.24) is 10.6 Å². The maximum Gasteiger partial charge on any atom is 0.119 e. The first-order valence-corrected chi connectivity index (χ1v) is 8.91. The lowest BCUT2D eigenvalue weighted by Gasteiger charge is -2.46. The van der Waals surface area contributed by atoms with Gasteiger partial charge in [-0.3, -0.25) is 0 Å². The molecule has 1 aliphatic rings. The summed E-state index contributed by atoms with van der Waals surface area (Å²) in [5, 5.41) is 16.0. The number of rotatable bonds is 7. The molecule has 1 saturated heterocycles. The van der Waals surface area contributed by atoms with E-state index in [1.165, 1.54) is 5.56 Å². The predicted octanol–water partition coefficient (Wildman–Crippen LogP) is 3.77. The third kappa shape index (κ3) is 6.14. The van der Waals surface area contributed by atoms with E-state index < -0.39 is 0 Å². The summed E-state index contributed by atoms with van der Waals surface area (Å²) in [6, 6.07) is 10.9. The number of unbranched alkanes of at least 4 members (excludes halogenated alkanes) is 1. The number of ether oxygens (including phenoxy) is 1. The summed E-state index contributed by atoms with van der Waals surface area (Å²) in [6.07, 6.45) is 3.57. The van der Waals surface area contributed by atoms with E-state index in [4.69, 9.17) is 10.00 Å². The minimum absolute atomic E-state index is 0.158. The number of benzene rings is 1. The van der Waals surface area contributed by atoms with E-state index in [1.54, 1.807) is 0 Å². The maximum absolute atomic E-state index is 8.56. The van der Waals surface area contributed by atoms with Crippen molar-refractivity contribution in [2.24, 2.45) is 0 Å². The highest BCUT2D eigenvalue weighted by Crippen LogP contribution is 2.28. The second kappa shape index (κ2) is 8.00. The molecule has 0 aromatic heterocycles. The molecule has 0 spiro atoms. The van der Waals surface area contributed by atoms with Gasteiger partial charge in [0, 0.05) is 30.1 Å². The van der Waals surface area contributed by atoms with Crippen molar-refractivity contribution in [1.29, 1.82) is 5.26 Å². The zero-order valence-corrected chi connectivity index (χ0v) is 15.5. The molecule has 0 atom stereocenters. The van der Waals surface area contributed by atoms with E-state index >= 15 is 0 Å². The Hall–Kier alpha value is -1.57. The van der Waals surface area contributed by atoms with Gasteiger partial charge < -0.3 is 15.4 Å². The first-order chi connectivity index (χ1) is 11.3. The van der Waals surface area contributed by atoms with Crippen LogP contribution in [0.25, 0.3) is 0 Å². The van der Waals surface area contributed by atoms with Crippen molar-refractivity contribution >= 4 is 0 Å². The van der Waals surface area contributed by atoms with Crippen LogP contribution in [-0.4, -0.2) is 23.7 Å². The summed E-state index contributed by atoms with van der Waals surface area (Å²) in [5.41, 5.74) is 1.55. The van der Waals surface area contributed by atoms with Crippen LogP contribution in [0.15, 0.2) is 24.3 Å². The van der Waals surface area contributed by atoms with E-state index in [0.29, 0.717) is 19.1 Å². The minimum Gasteiger partial charge on any atom is -0.494 e. The average Bonchev–Trinajstić information content (AvgIpc) is 2.47. The average molecular weight is 329 g/mol. The van der Waals surface area contributed by atoms with E-state index in [0.717, 1.165) is 31.6 Å². The fourth-order valence-corrected chi connectivity index (χ4v) is 3.82. The molecule has 1 aromatic rings. The number of nitriles is 1. The van der Waals surface area contributed by atoms with Crippen LogP contribution >= 0.6 is 0 Å². The number of nitrogens with zero attached hydrogens (tertiary/aromatic N) is 1. The van der Waals surface area contributed by atoms with Gasteiger partial charge >= 0.3 is 0 Å². The lowest BCUT2D eigenvalue weighted by atomic mass is 9.79. The van der Waals surface area contributed by atoms with Crippen LogP contribution in [-0.2, 0) is 6.54 Å². The van der Waals surface area contributed by atoms with Crippen molar-refractivity contribution in [2.75, 3.05) is 6.61 Å². The van der Waals surface area contributed by atoms with Gasteiger partial charge in [0.05, 0.1) is 12.7 Å². The van der Waals surface area contributed by atoms with Gasteiger partial charge in [-0.15, -0.1) is 0 Å². The van der Waals surface area contributed by atoms with E-state index in [-0.39, 0.29) is 11.1 Å². The highest BCUT2D eigenvalue weighted by Gasteiger charge is 2.37. The second-order valence-corrected chi connectivity index (χ2v) is 8.14. The Morgan fingerprint density at radius 1 is 1.25 bits per heavy atom. The smallest absolute Gasteiger partial charge is 0.119 e. The van der Waals surface area contributed by atoms with Crippen LogP contribution < -0.4 is 15.4 Å². The van der Waals surface area contributed by atoms with Gasteiger partial charge in [-0.2, -0.15) is 5.26 Å². The first kappa shape index (κ1) is 18.8. The molecule has 2 rings (SSSR count). The lowest BCUT2D eigenvalue weighted by Crippen LogP contribution is -2.61. The van der Waals surface area contributed by atoms with Crippen molar-refractivity contribution < 1.29 is 4.74 Å². The largest absolute Gasteiger partial charge is 0.494 e. The molecule has 0 saturated carbocycles. The monoisotopic (exact) mass is 329 g/mol. The third-order valence-corrected chi connectivity index (χ3v) is 4.39. The van der Waals surface area contributed by atoms with Gasteiger partial charge in [0.2, 0.25) is 0 Å². The molecule has 0 unspecified atom stereocenters. The SMILES string of the molecule is CC1(C)CC(NCc2cccc(OCCCC#N)c2)CC(C)(C)N1. The van der Waals surface area contributed by atoms with Gasteiger partial charge in [-0.05, 0) is 64.7 Å². The van der Waals surface area contributed by atoms with Gasteiger partial charge in [-0.25, -0.2) is 0 Å². The molecule has 2 N–H and O–H groups in total. The highest BCUT2D eigenvalue weighted by atomic mass is 16.5. The topological polar surface area (TPSA) is 57.1 Å². The summed E-state index contributed by atoms with van der Waals surface area (Å²) >= 11 is 0. The standard InChI is InChI=1S/C20H31N3O/c1-19(2)13-17(14-20(3,4)23-19)22-15-16-8-7-9-18(12-16)24-11-6-5-10-21/h7-9,12,17,22-23H,5-6,11,13-15H2,1-4H3. The number of hydrogen-bond donors (Lipinski definition) is 2. The minimum atomic E-state index is 0.158. The quantitative estimate of drug-likeness (QED) is 0.748. The summed E-state index contributed by atoms with van der Waals surface area (Å²) in [7, 11) is 0. The van der Waals surface area contributed by atoms with Crippen LogP contribution in [0.4, 0.5) is 0 Å². The molecule has 1 heterocycles. The molecule has 4 heteroatoms.